The highest BCUT2D eigenvalue weighted by Crippen LogP contribution is 2.15. The molecule has 1 saturated heterocycles. The summed E-state index contributed by atoms with van der Waals surface area (Å²) in [6, 6.07) is 10.1. The molecule has 2 rings (SSSR count). The third-order valence-corrected chi connectivity index (χ3v) is 4.55. The van der Waals surface area contributed by atoms with Gasteiger partial charge in [0.15, 0.2) is 5.96 Å². The number of nitrogens with zero attached hydrogens (tertiary/aromatic N) is 2. The number of aliphatic imine (C=N–C) groups is 1. The van der Waals surface area contributed by atoms with E-state index < -0.39 is 0 Å². The molecule has 1 aromatic carbocycles. The average molecular weight is 345 g/mol. The van der Waals surface area contributed by atoms with E-state index >= 15 is 0 Å². The van der Waals surface area contributed by atoms with Gasteiger partial charge in [0.1, 0.15) is 0 Å². The van der Waals surface area contributed by atoms with Crippen molar-refractivity contribution in [3.63, 3.8) is 0 Å². The van der Waals surface area contributed by atoms with Crippen molar-refractivity contribution in [1.29, 1.82) is 0 Å². The van der Waals surface area contributed by atoms with Gasteiger partial charge in [-0.2, -0.15) is 0 Å². The third-order valence-electron chi connectivity index (χ3n) is 4.55. The number of nitrogens with one attached hydrogen (secondary N) is 3. The molecule has 1 fully saturated rings. The molecule has 0 bridgehead atoms. The lowest BCUT2D eigenvalue weighted by Gasteiger charge is -2.33. The standard InChI is InChI=1S/C19H31N5O/c1-16-9-6-7-13-24(16)14-8-12-21-19(20-2)22-15-18(25)23-17-10-4-3-5-11-17/h3-5,10-11,16H,6-9,12-15H2,1-2H3,(H,23,25)(H2,20,21,22). The van der Waals surface area contributed by atoms with Gasteiger partial charge in [0.2, 0.25) is 5.91 Å². The molecule has 1 amide bonds. The van der Waals surface area contributed by atoms with Crippen LogP contribution in [0.25, 0.3) is 0 Å². The van der Waals surface area contributed by atoms with Crippen LogP contribution < -0.4 is 16.0 Å². The van der Waals surface area contributed by atoms with Gasteiger partial charge in [-0.05, 0) is 44.9 Å². The van der Waals surface area contributed by atoms with E-state index in [1.807, 2.05) is 30.3 Å². The summed E-state index contributed by atoms with van der Waals surface area (Å²) in [4.78, 5) is 18.7. The Morgan fingerprint density at radius 1 is 1.24 bits per heavy atom. The summed E-state index contributed by atoms with van der Waals surface area (Å²) >= 11 is 0. The third kappa shape index (κ3) is 7.13. The molecule has 3 N–H and O–H groups in total. The fourth-order valence-corrected chi connectivity index (χ4v) is 3.09. The van der Waals surface area contributed by atoms with Crippen LogP contribution in [0.3, 0.4) is 0 Å². The quantitative estimate of drug-likeness (QED) is 0.402. The van der Waals surface area contributed by atoms with E-state index in [-0.39, 0.29) is 12.5 Å². The summed E-state index contributed by atoms with van der Waals surface area (Å²) in [6.07, 6.45) is 5.06. The van der Waals surface area contributed by atoms with Crippen molar-refractivity contribution in [2.45, 2.75) is 38.6 Å². The molecule has 0 radical (unpaired) electrons. The molecule has 1 unspecified atom stereocenters. The number of hydrogen-bond acceptors (Lipinski definition) is 3. The Bertz CT molecular complexity index is 546. The van der Waals surface area contributed by atoms with E-state index in [0.29, 0.717) is 12.0 Å². The lowest BCUT2D eigenvalue weighted by Crippen LogP contribution is -2.43. The fraction of sp³-hybridized carbons (Fsp3) is 0.579. The number of carbonyl (C=O) groups excluding carboxylic acids is 1. The Morgan fingerprint density at radius 3 is 2.76 bits per heavy atom. The molecule has 1 atom stereocenters. The van der Waals surface area contributed by atoms with E-state index in [9.17, 15) is 4.79 Å². The number of hydrogen-bond donors (Lipinski definition) is 3. The minimum atomic E-state index is -0.0868. The Balaban J connectivity index is 1.61. The molecule has 1 aromatic rings. The predicted octanol–water partition coefficient (Wildman–Crippen LogP) is 2.05. The molecular formula is C19H31N5O. The zero-order valence-corrected chi connectivity index (χ0v) is 15.4. The first-order valence-corrected chi connectivity index (χ1v) is 9.22. The number of anilines is 1. The van der Waals surface area contributed by atoms with Gasteiger partial charge >= 0.3 is 0 Å². The van der Waals surface area contributed by atoms with Crippen LogP contribution in [0, 0.1) is 0 Å². The van der Waals surface area contributed by atoms with Crippen LogP contribution in [-0.2, 0) is 4.79 Å². The number of likely N-dealkylation sites (tertiary alicyclic amines) is 1. The van der Waals surface area contributed by atoms with Gasteiger partial charge in [0.25, 0.3) is 0 Å². The number of rotatable bonds is 7. The SMILES string of the molecule is CN=C(NCCCN1CCCCC1C)NCC(=O)Nc1ccccc1. The smallest absolute Gasteiger partial charge is 0.243 e. The van der Waals surface area contributed by atoms with Gasteiger partial charge < -0.3 is 20.9 Å². The minimum absolute atomic E-state index is 0.0868. The first-order chi connectivity index (χ1) is 12.2. The average Bonchev–Trinajstić information content (AvgIpc) is 2.63. The molecule has 1 heterocycles. The maximum absolute atomic E-state index is 11.9. The van der Waals surface area contributed by atoms with E-state index in [2.05, 4.69) is 32.8 Å². The second-order valence-corrected chi connectivity index (χ2v) is 6.50. The van der Waals surface area contributed by atoms with Gasteiger partial charge in [0.05, 0.1) is 6.54 Å². The van der Waals surface area contributed by atoms with Gasteiger partial charge in [-0.25, -0.2) is 0 Å². The number of piperidine rings is 1. The van der Waals surface area contributed by atoms with Crippen molar-refractivity contribution >= 4 is 17.6 Å². The Kier molecular flexibility index (Phi) is 8.25. The van der Waals surface area contributed by atoms with Crippen molar-refractivity contribution in [1.82, 2.24) is 15.5 Å². The molecule has 1 aliphatic heterocycles. The van der Waals surface area contributed by atoms with Crippen LogP contribution in [-0.4, -0.2) is 56.0 Å². The summed E-state index contributed by atoms with van der Waals surface area (Å²) in [5.41, 5.74) is 0.799. The van der Waals surface area contributed by atoms with E-state index in [1.54, 1.807) is 7.05 Å². The van der Waals surface area contributed by atoms with Crippen LogP contribution in [0.5, 0.6) is 0 Å². The minimum Gasteiger partial charge on any atom is -0.356 e. The molecule has 25 heavy (non-hydrogen) atoms. The Labute approximate surface area is 151 Å². The maximum atomic E-state index is 11.9. The topological polar surface area (TPSA) is 68.8 Å². The van der Waals surface area contributed by atoms with E-state index in [4.69, 9.17) is 0 Å². The zero-order chi connectivity index (χ0) is 17.9. The van der Waals surface area contributed by atoms with E-state index in [1.165, 1.54) is 25.8 Å². The van der Waals surface area contributed by atoms with Gasteiger partial charge in [-0.1, -0.05) is 24.6 Å². The molecular weight excluding hydrogens is 314 g/mol. The van der Waals surface area contributed by atoms with Gasteiger partial charge in [-0.15, -0.1) is 0 Å². The number of para-hydroxylation sites is 1. The second kappa shape index (κ2) is 10.7. The second-order valence-electron chi connectivity index (χ2n) is 6.50. The molecule has 1 aliphatic rings. The fourth-order valence-electron chi connectivity index (χ4n) is 3.09. The summed E-state index contributed by atoms with van der Waals surface area (Å²) in [7, 11) is 1.72. The number of carbonyl (C=O) groups is 1. The summed E-state index contributed by atoms with van der Waals surface area (Å²) in [5.74, 6) is 0.575. The van der Waals surface area contributed by atoms with Gasteiger partial charge in [-0.3, -0.25) is 9.79 Å². The van der Waals surface area contributed by atoms with Crippen LogP contribution in [0.2, 0.25) is 0 Å². The van der Waals surface area contributed by atoms with Crippen LogP contribution in [0.4, 0.5) is 5.69 Å². The molecule has 6 heteroatoms. The highest BCUT2D eigenvalue weighted by Gasteiger charge is 2.17. The van der Waals surface area contributed by atoms with Gasteiger partial charge in [0, 0.05) is 31.9 Å². The molecule has 0 aromatic heterocycles. The Morgan fingerprint density at radius 2 is 2.04 bits per heavy atom. The van der Waals surface area contributed by atoms with Crippen molar-refractivity contribution in [3.8, 4) is 0 Å². The Hall–Kier alpha value is -2.08. The van der Waals surface area contributed by atoms with Crippen molar-refractivity contribution in [3.05, 3.63) is 30.3 Å². The predicted molar refractivity (Wildman–Crippen MR) is 104 cm³/mol. The van der Waals surface area contributed by atoms with Crippen LogP contribution in [0.1, 0.15) is 32.6 Å². The first kappa shape index (κ1) is 19.2. The molecule has 0 aliphatic carbocycles. The summed E-state index contributed by atoms with van der Waals surface area (Å²) in [6.45, 7) is 5.69. The molecule has 0 saturated carbocycles. The van der Waals surface area contributed by atoms with Crippen LogP contribution >= 0.6 is 0 Å². The highest BCUT2D eigenvalue weighted by molar-refractivity contribution is 5.94. The lowest BCUT2D eigenvalue weighted by molar-refractivity contribution is -0.115. The highest BCUT2D eigenvalue weighted by atomic mass is 16.1. The number of guanidine groups is 1. The van der Waals surface area contributed by atoms with E-state index in [0.717, 1.165) is 25.2 Å². The first-order valence-electron chi connectivity index (χ1n) is 9.22. The number of benzene rings is 1. The summed E-state index contributed by atoms with van der Waals surface area (Å²) in [5, 5.41) is 9.17. The number of amides is 1. The summed E-state index contributed by atoms with van der Waals surface area (Å²) < 4.78 is 0. The molecule has 0 spiro atoms. The lowest BCUT2D eigenvalue weighted by atomic mass is 10.0. The van der Waals surface area contributed by atoms with Crippen LogP contribution in [0.15, 0.2) is 35.3 Å². The van der Waals surface area contributed by atoms with Crippen molar-refractivity contribution in [2.24, 2.45) is 4.99 Å². The monoisotopic (exact) mass is 345 g/mol. The van der Waals surface area contributed by atoms with Crippen molar-refractivity contribution < 1.29 is 4.79 Å². The molecule has 6 nitrogen and oxygen atoms in total. The normalized spacial score (nSPS) is 18.6. The molecule has 138 valence electrons. The zero-order valence-electron chi connectivity index (χ0n) is 15.4. The van der Waals surface area contributed by atoms with Crippen molar-refractivity contribution in [2.75, 3.05) is 38.5 Å². The largest absolute Gasteiger partial charge is 0.356 e. The maximum Gasteiger partial charge on any atom is 0.243 e.